The van der Waals surface area contributed by atoms with Crippen LogP contribution in [0.1, 0.15) is 40.9 Å². The number of sulfone groups is 1. The van der Waals surface area contributed by atoms with Crippen LogP contribution < -0.4 is 20.7 Å². The van der Waals surface area contributed by atoms with Crippen LogP contribution in [-0.4, -0.2) is 40.4 Å². The molecular formula is C22H31Cl2N3O3S. The first-order chi connectivity index (χ1) is 14.1. The lowest BCUT2D eigenvalue weighted by molar-refractivity contribution is 0.303. The van der Waals surface area contributed by atoms with E-state index in [4.69, 9.17) is 4.74 Å². The summed E-state index contributed by atoms with van der Waals surface area (Å²) in [7, 11) is -1.49. The molecule has 0 spiro atoms. The Balaban J connectivity index is 0.00000171. The van der Waals surface area contributed by atoms with E-state index in [1.165, 1.54) is 5.56 Å². The lowest BCUT2D eigenvalue weighted by Crippen LogP contribution is -2.45. The molecule has 0 bridgehead atoms. The molecular weight excluding hydrogens is 457 g/mol. The monoisotopic (exact) mass is 487 g/mol. The minimum atomic E-state index is -3.14. The lowest BCUT2D eigenvalue weighted by atomic mass is 9.92. The fourth-order valence-corrected chi connectivity index (χ4v) is 5.93. The van der Waals surface area contributed by atoms with Gasteiger partial charge in [0.2, 0.25) is 0 Å². The molecule has 2 fully saturated rings. The second-order valence-corrected chi connectivity index (χ2v) is 9.95. The summed E-state index contributed by atoms with van der Waals surface area (Å²) < 4.78 is 30.2. The smallest absolute Gasteiger partial charge is 0.171 e. The van der Waals surface area contributed by atoms with Gasteiger partial charge in [0.05, 0.1) is 12.9 Å². The van der Waals surface area contributed by atoms with Crippen molar-refractivity contribution in [1.29, 1.82) is 0 Å². The standard InChI is InChI=1S/C22H29N3O3S.2ClH/c1-28-20-10-9-17(22-24-12-13-29(22,26)27)14-18(20)15-25-19-8-5-11-23-21(19)16-6-3-2-4-7-16;;/h2-4,6-7,9-10,14,19,21-25H,5,8,11-13,15H2,1H3;2*1H. The summed E-state index contributed by atoms with van der Waals surface area (Å²) in [6.07, 6.45) is 2.22. The van der Waals surface area contributed by atoms with Gasteiger partial charge in [-0.1, -0.05) is 36.4 Å². The highest BCUT2D eigenvalue weighted by Gasteiger charge is 2.32. The predicted molar refractivity (Wildman–Crippen MR) is 129 cm³/mol. The average Bonchev–Trinajstić information content (AvgIpc) is 3.12. The van der Waals surface area contributed by atoms with E-state index in [9.17, 15) is 8.42 Å². The molecule has 3 unspecified atom stereocenters. The number of methoxy groups -OCH3 is 1. The van der Waals surface area contributed by atoms with E-state index in [0.29, 0.717) is 19.1 Å². The number of halogens is 2. The van der Waals surface area contributed by atoms with Crippen LogP contribution in [-0.2, 0) is 16.4 Å². The summed E-state index contributed by atoms with van der Waals surface area (Å²) in [5.41, 5.74) is 3.04. The van der Waals surface area contributed by atoms with Gasteiger partial charge in [-0.25, -0.2) is 8.42 Å². The van der Waals surface area contributed by atoms with Gasteiger partial charge in [-0.05, 0) is 42.6 Å². The summed E-state index contributed by atoms with van der Waals surface area (Å²) in [5.74, 6) is 0.959. The number of hydrogen-bond acceptors (Lipinski definition) is 6. The topological polar surface area (TPSA) is 79.5 Å². The minimum Gasteiger partial charge on any atom is -0.496 e. The quantitative estimate of drug-likeness (QED) is 0.580. The van der Waals surface area contributed by atoms with Gasteiger partial charge in [0.1, 0.15) is 11.1 Å². The van der Waals surface area contributed by atoms with Crippen molar-refractivity contribution in [2.45, 2.75) is 36.8 Å². The third-order valence-electron chi connectivity index (χ3n) is 5.85. The van der Waals surface area contributed by atoms with Crippen molar-refractivity contribution in [3.05, 3.63) is 65.2 Å². The first-order valence-electron chi connectivity index (χ1n) is 10.2. The number of rotatable bonds is 6. The maximum Gasteiger partial charge on any atom is 0.171 e. The second kappa shape index (κ2) is 11.5. The van der Waals surface area contributed by atoms with Crippen molar-refractivity contribution in [1.82, 2.24) is 16.0 Å². The van der Waals surface area contributed by atoms with Crippen LogP contribution in [0.15, 0.2) is 48.5 Å². The predicted octanol–water partition coefficient (Wildman–Crippen LogP) is 3.14. The Labute approximate surface area is 197 Å². The molecule has 6 nitrogen and oxygen atoms in total. The summed E-state index contributed by atoms with van der Waals surface area (Å²) in [6, 6.07) is 16.7. The van der Waals surface area contributed by atoms with Crippen LogP contribution in [0.2, 0.25) is 0 Å². The van der Waals surface area contributed by atoms with Crippen LogP contribution in [0.4, 0.5) is 0 Å². The van der Waals surface area contributed by atoms with Crippen LogP contribution in [0.3, 0.4) is 0 Å². The zero-order valence-corrected chi connectivity index (χ0v) is 20.0. The van der Waals surface area contributed by atoms with Crippen LogP contribution in [0.5, 0.6) is 5.75 Å². The van der Waals surface area contributed by atoms with E-state index in [2.05, 4.69) is 40.2 Å². The molecule has 0 saturated carbocycles. The minimum absolute atomic E-state index is 0. The van der Waals surface area contributed by atoms with Gasteiger partial charge in [-0.15, -0.1) is 24.8 Å². The summed E-state index contributed by atoms with van der Waals surface area (Å²) >= 11 is 0. The van der Waals surface area contributed by atoms with E-state index < -0.39 is 15.2 Å². The summed E-state index contributed by atoms with van der Waals surface area (Å²) in [6.45, 7) is 2.14. The van der Waals surface area contributed by atoms with E-state index in [1.807, 2.05) is 24.3 Å². The molecule has 0 radical (unpaired) electrons. The zero-order chi connectivity index (χ0) is 20.3. The van der Waals surface area contributed by atoms with Gasteiger partial charge in [0, 0.05) is 30.7 Å². The highest BCUT2D eigenvalue weighted by Crippen LogP contribution is 2.30. The fraction of sp³-hybridized carbons (Fsp3) is 0.455. The molecule has 2 saturated heterocycles. The normalized spacial score (nSPS) is 24.6. The molecule has 2 aliphatic heterocycles. The van der Waals surface area contributed by atoms with Gasteiger partial charge in [0.25, 0.3) is 0 Å². The van der Waals surface area contributed by atoms with Crippen molar-refractivity contribution >= 4 is 34.7 Å². The molecule has 2 aliphatic rings. The number of nitrogens with one attached hydrogen (secondary N) is 3. The van der Waals surface area contributed by atoms with Gasteiger partial charge >= 0.3 is 0 Å². The van der Waals surface area contributed by atoms with Gasteiger partial charge in [-0.3, -0.25) is 5.32 Å². The molecule has 2 aromatic rings. The van der Waals surface area contributed by atoms with Gasteiger partial charge in [0.15, 0.2) is 9.84 Å². The highest BCUT2D eigenvalue weighted by atomic mass is 35.5. The molecule has 0 aliphatic carbocycles. The summed E-state index contributed by atoms with van der Waals surface area (Å²) in [5, 5.41) is 9.80. The van der Waals surface area contributed by atoms with E-state index in [0.717, 1.165) is 36.3 Å². The Bertz CT molecular complexity index is 944. The Hall–Kier alpha value is -1.35. The molecule has 4 rings (SSSR count). The molecule has 3 N–H and O–H groups in total. The largest absolute Gasteiger partial charge is 0.496 e. The van der Waals surface area contributed by atoms with E-state index >= 15 is 0 Å². The van der Waals surface area contributed by atoms with Crippen molar-refractivity contribution in [2.75, 3.05) is 26.0 Å². The molecule has 2 aromatic carbocycles. The molecule has 0 amide bonds. The van der Waals surface area contributed by atoms with Crippen LogP contribution >= 0.6 is 24.8 Å². The third-order valence-corrected chi connectivity index (χ3v) is 7.78. The zero-order valence-electron chi connectivity index (χ0n) is 17.5. The highest BCUT2D eigenvalue weighted by molar-refractivity contribution is 7.91. The number of ether oxygens (including phenoxy) is 1. The average molecular weight is 488 g/mol. The van der Waals surface area contributed by atoms with Crippen molar-refractivity contribution in [3.8, 4) is 5.75 Å². The third kappa shape index (κ3) is 5.92. The van der Waals surface area contributed by atoms with Gasteiger partial charge in [-0.2, -0.15) is 0 Å². The molecule has 172 valence electrons. The van der Waals surface area contributed by atoms with Crippen molar-refractivity contribution in [2.24, 2.45) is 0 Å². The Kier molecular flexibility index (Phi) is 9.61. The number of piperidine rings is 1. The second-order valence-electron chi connectivity index (χ2n) is 7.74. The maximum absolute atomic E-state index is 12.3. The number of hydrogen-bond donors (Lipinski definition) is 3. The van der Waals surface area contributed by atoms with Crippen molar-refractivity contribution < 1.29 is 13.2 Å². The van der Waals surface area contributed by atoms with E-state index in [1.54, 1.807) is 7.11 Å². The van der Waals surface area contributed by atoms with Crippen LogP contribution in [0, 0.1) is 0 Å². The summed E-state index contributed by atoms with van der Waals surface area (Å²) in [4.78, 5) is 0. The maximum atomic E-state index is 12.3. The first kappa shape index (κ1) is 25.9. The molecule has 31 heavy (non-hydrogen) atoms. The van der Waals surface area contributed by atoms with E-state index in [-0.39, 0.29) is 36.6 Å². The number of benzene rings is 2. The molecule has 9 heteroatoms. The lowest BCUT2D eigenvalue weighted by Gasteiger charge is -2.34. The SMILES string of the molecule is COc1ccc(C2NCCS2(=O)=O)cc1CNC1CCCNC1c1ccccc1.Cl.Cl. The Morgan fingerprint density at radius 2 is 1.81 bits per heavy atom. The first-order valence-corrected chi connectivity index (χ1v) is 11.9. The van der Waals surface area contributed by atoms with Gasteiger partial charge < -0.3 is 15.4 Å². The molecule has 3 atom stereocenters. The molecule has 0 aromatic heterocycles. The van der Waals surface area contributed by atoms with Crippen molar-refractivity contribution in [3.63, 3.8) is 0 Å². The molecule has 2 heterocycles. The Morgan fingerprint density at radius 1 is 1.03 bits per heavy atom. The Morgan fingerprint density at radius 3 is 2.48 bits per heavy atom. The van der Waals surface area contributed by atoms with Crippen LogP contribution in [0.25, 0.3) is 0 Å². The fourth-order valence-electron chi connectivity index (χ4n) is 4.36.